The summed E-state index contributed by atoms with van der Waals surface area (Å²) >= 11 is 0. The average Bonchev–Trinajstić information content (AvgIpc) is 2.27. The molecule has 0 aromatic heterocycles. The van der Waals surface area contributed by atoms with Crippen LogP contribution in [0.15, 0.2) is 54.6 Å². The zero-order valence-electron chi connectivity index (χ0n) is 9.10. The molecule has 0 N–H and O–H groups in total. The molecule has 0 fully saturated rings. The van der Waals surface area contributed by atoms with Gasteiger partial charge in [-0.25, -0.2) is 0 Å². The minimum Gasteiger partial charge on any atom is -0.872 e. The Morgan fingerprint density at radius 3 is 2.06 bits per heavy atom. The molecule has 3 rings (SSSR count). The van der Waals surface area contributed by atoms with Crippen LogP contribution >= 0.6 is 0 Å². The number of benzene rings is 3. The van der Waals surface area contributed by atoms with E-state index in [0.717, 1.165) is 16.2 Å². The van der Waals surface area contributed by atoms with E-state index >= 15 is 0 Å². The molecule has 0 radical (unpaired) electrons. The minimum absolute atomic E-state index is 0. The van der Waals surface area contributed by atoms with Gasteiger partial charge in [0.05, 0.1) is 0 Å². The number of hydrogen-bond donors (Lipinski definition) is 0. The summed E-state index contributed by atoms with van der Waals surface area (Å²) in [6.07, 6.45) is 0. The zero-order valence-corrected chi connectivity index (χ0v) is 11.1. The van der Waals surface area contributed by atoms with Crippen molar-refractivity contribution in [3.63, 3.8) is 0 Å². The van der Waals surface area contributed by atoms with Gasteiger partial charge in [-0.1, -0.05) is 42.5 Å². The van der Waals surface area contributed by atoms with Crippen molar-refractivity contribution in [3.05, 3.63) is 54.6 Å². The fourth-order valence-electron chi connectivity index (χ4n) is 1.94. The second-order valence-corrected chi connectivity index (χ2v) is 3.68. The Kier molecular flexibility index (Phi) is 3.20. The number of fused-ring (bicyclic) bond motifs is 2. The maximum Gasteiger partial charge on any atom is 1.00 e. The van der Waals surface area contributed by atoms with Crippen LogP contribution < -0.4 is 34.7 Å². The molecule has 3 aromatic carbocycles. The normalized spacial score (nSPS) is 10.2. The van der Waals surface area contributed by atoms with Crippen molar-refractivity contribution >= 4 is 21.5 Å². The van der Waals surface area contributed by atoms with E-state index in [0.29, 0.717) is 0 Å². The predicted octanol–water partition coefficient (Wildman–Crippen LogP) is 0.0706. The molecule has 0 aliphatic carbocycles. The molecule has 0 heterocycles. The van der Waals surface area contributed by atoms with E-state index in [2.05, 4.69) is 12.1 Å². The average molecular weight is 216 g/mol. The Balaban J connectivity index is 0.000000963. The van der Waals surface area contributed by atoms with Gasteiger partial charge in [0.25, 0.3) is 0 Å². The summed E-state index contributed by atoms with van der Waals surface area (Å²) in [7, 11) is 0. The Morgan fingerprint density at radius 2 is 1.31 bits per heavy atom. The number of hydrogen-bond acceptors (Lipinski definition) is 1. The fourth-order valence-corrected chi connectivity index (χ4v) is 1.94. The second kappa shape index (κ2) is 4.46. The predicted molar refractivity (Wildman–Crippen MR) is 60.9 cm³/mol. The maximum atomic E-state index is 11.6. The Labute approximate surface area is 116 Å². The van der Waals surface area contributed by atoms with Crippen LogP contribution in [0, 0.1) is 0 Å². The molecule has 2 heteroatoms. The first-order chi connectivity index (χ1) is 7.34. The third-order valence-electron chi connectivity index (χ3n) is 2.71. The van der Waals surface area contributed by atoms with E-state index in [1.54, 1.807) is 12.1 Å². The Hall–Kier alpha value is -1.02. The molecule has 3 aromatic rings. The molecule has 72 valence electrons. The van der Waals surface area contributed by atoms with E-state index in [9.17, 15) is 5.11 Å². The van der Waals surface area contributed by atoms with E-state index in [1.165, 1.54) is 5.39 Å². The summed E-state index contributed by atoms with van der Waals surface area (Å²) in [5, 5.41) is 15.7. The number of rotatable bonds is 0. The molecule has 0 bridgehead atoms. The van der Waals surface area contributed by atoms with Crippen molar-refractivity contribution in [3.8, 4) is 5.75 Å². The Morgan fingerprint density at radius 1 is 0.688 bits per heavy atom. The second-order valence-electron chi connectivity index (χ2n) is 3.68. The molecular weight excluding hydrogens is 207 g/mol. The summed E-state index contributed by atoms with van der Waals surface area (Å²) in [5.41, 5.74) is 0. The third-order valence-corrected chi connectivity index (χ3v) is 2.71. The van der Waals surface area contributed by atoms with E-state index < -0.39 is 0 Å². The molecule has 0 saturated carbocycles. The van der Waals surface area contributed by atoms with Crippen LogP contribution in [0.5, 0.6) is 5.75 Å². The van der Waals surface area contributed by atoms with Gasteiger partial charge in [-0.2, -0.15) is 0 Å². The van der Waals surface area contributed by atoms with Crippen LogP contribution in [-0.4, -0.2) is 0 Å². The van der Waals surface area contributed by atoms with Crippen LogP contribution in [0.25, 0.3) is 21.5 Å². The van der Waals surface area contributed by atoms with Crippen molar-refractivity contribution in [1.82, 2.24) is 0 Å². The summed E-state index contributed by atoms with van der Waals surface area (Å²) in [4.78, 5) is 0. The van der Waals surface area contributed by atoms with Crippen LogP contribution in [0.3, 0.4) is 0 Å². The largest absolute Gasteiger partial charge is 1.00 e. The summed E-state index contributed by atoms with van der Waals surface area (Å²) < 4.78 is 0. The first-order valence-corrected chi connectivity index (χ1v) is 4.93. The van der Waals surface area contributed by atoms with Gasteiger partial charge in [0.2, 0.25) is 0 Å². The molecule has 16 heavy (non-hydrogen) atoms. The zero-order chi connectivity index (χ0) is 10.3. The summed E-state index contributed by atoms with van der Waals surface area (Å²) in [6, 6.07) is 17.5. The first-order valence-electron chi connectivity index (χ1n) is 4.93. The molecular formula is C14H9NaO. The summed E-state index contributed by atoms with van der Waals surface area (Å²) in [6.45, 7) is 0. The quantitative estimate of drug-likeness (QED) is 0.385. The van der Waals surface area contributed by atoms with Crippen LogP contribution in [-0.2, 0) is 0 Å². The van der Waals surface area contributed by atoms with Gasteiger partial charge in [-0.3, -0.25) is 0 Å². The maximum absolute atomic E-state index is 11.6. The molecule has 0 aliphatic rings. The van der Waals surface area contributed by atoms with Crippen molar-refractivity contribution in [2.75, 3.05) is 0 Å². The topological polar surface area (TPSA) is 23.1 Å². The molecule has 0 saturated heterocycles. The van der Waals surface area contributed by atoms with E-state index in [-0.39, 0.29) is 35.3 Å². The standard InChI is InChI=1S/C14H10O.Na/c15-14-7-3-6-12-8-10-4-1-2-5-11(10)9-13(12)14;/h1-9,15H;/q;+1/p-1. The van der Waals surface area contributed by atoms with Gasteiger partial charge in [-0.05, 0) is 33.7 Å². The van der Waals surface area contributed by atoms with Gasteiger partial charge < -0.3 is 5.11 Å². The van der Waals surface area contributed by atoms with Crippen molar-refractivity contribution in [1.29, 1.82) is 0 Å². The van der Waals surface area contributed by atoms with Crippen molar-refractivity contribution in [2.24, 2.45) is 0 Å². The Bertz CT molecular complexity index is 646. The molecule has 1 nitrogen and oxygen atoms in total. The fraction of sp³-hybridized carbons (Fsp3) is 0. The minimum atomic E-state index is 0. The summed E-state index contributed by atoms with van der Waals surface area (Å²) in [5.74, 6) is 0.0956. The monoisotopic (exact) mass is 216 g/mol. The molecule has 0 aliphatic heterocycles. The molecule has 0 amide bonds. The third kappa shape index (κ3) is 1.82. The van der Waals surface area contributed by atoms with Crippen molar-refractivity contribution < 1.29 is 34.7 Å². The SMILES string of the molecule is [Na+].[O-]c1cccc2cc3ccccc3cc12. The smallest absolute Gasteiger partial charge is 0.872 e. The molecule has 0 unspecified atom stereocenters. The van der Waals surface area contributed by atoms with Crippen LogP contribution in [0.1, 0.15) is 0 Å². The van der Waals surface area contributed by atoms with E-state index in [1.807, 2.05) is 30.3 Å². The van der Waals surface area contributed by atoms with Crippen LogP contribution in [0.4, 0.5) is 0 Å². The van der Waals surface area contributed by atoms with Crippen LogP contribution in [0.2, 0.25) is 0 Å². The molecule has 0 spiro atoms. The van der Waals surface area contributed by atoms with Gasteiger partial charge in [-0.15, -0.1) is 5.75 Å². The van der Waals surface area contributed by atoms with Gasteiger partial charge in [0.15, 0.2) is 0 Å². The van der Waals surface area contributed by atoms with Gasteiger partial charge in [0, 0.05) is 0 Å². The molecule has 0 atom stereocenters. The van der Waals surface area contributed by atoms with Crippen molar-refractivity contribution in [2.45, 2.75) is 0 Å². The van der Waals surface area contributed by atoms with Gasteiger partial charge >= 0.3 is 29.6 Å². The van der Waals surface area contributed by atoms with Gasteiger partial charge in [0.1, 0.15) is 0 Å². The van der Waals surface area contributed by atoms with E-state index in [4.69, 9.17) is 0 Å². The first kappa shape index (κ1) is 11.5.